The van der Waals surface area contributed by atoms with Gasteiger partial charge in [-0.3, -0.25) is 14.4 Å². The van der Waals surface area contributed by atoms with E-state index >= 15 is 0 Å². The fraction of sp³-hybridized carbons (Fsp3) is 0.211. The van der Waals surface area contributed by atoms with Crippen LogP contribution in [-0.4, -0.2) is 37.5 Å². The average molecular weight is 418 g/mol. The summed E-state index contributed by atoms with van der Waals surface area (Å²) in [6.07, 6.45) is -0.231. The lowest BCUT2D eigenvalue weighted by molar-refractivity contribution is -0.116. The number of hydrogen-bond acceptors (Lipinski definition) is 6. The van der Waals surface area contributed by atoms with Crippen LogP contribution in [0.2, 0.25) is 0 Å². The highest BCUT2D eigenvalue weighted by Gasteiger charge is 2.21. The van der Waals surface area contributed by atoms with Crippen molar-refractivity contribution >= 4 is 50.6 Å². The van der Waals surface area contributed by atoms with Gasteiger partial charge >= 0.3 is 0 Å². The molecule has 146 valence electrons. The zero-order valence-corrected chi connectivity index (χ0v) is 16.7. The molecule has 0 bridgehead atoms. The third-order valence-corrected chi connectivity index (χ3v) is 6.88. The number of carbonyl (C=O) groups is 3. The summed E-state index contributed by atoms with van der Waals surface area (Å²) >= 11 is 1.34. The lowest BCUT2D eigenvalue weighted by Gasteiger charge is -2.17. The smallest absolute Gasteiger partial charge is 0.234 e. The van der Waals surface area contributed by atoms with Gasteiger partial charge in [0.2, 0.25) is 11.8 Å². The first-order valence-corrected chi connectivity index (χ1v) is 11.1. The quantitative estimate of drug-likeness (QED) is 0.698. The number of nitrogens with one attached hydrogen (secondary N) is 2. The second-order valence-electron chi connectivity index (χ2n) is 6.25. The fourth-order valence-corrected chi connectivity index (χ4v) is 4.69. The van der Waals surface area contributed by atoms with Gasteiger partial charge in [0.1, 0.15) is 0 Å². The van der Waals surface area contributed by atoms with Gasteiger partial charge in [0.15, 0.2) is 15.6 Å². The Balaban J connectivity index is 1.65. The van der Waals surface area contributed by atoms with E-state index in [0.29, 0.717) is 22.7 Å². The Kier molecular flexibility index (Phi) is 5.85. The van der Waals surface area contributed by atoms with Crippen LogP contribution in [0.25, 0.3) is 0 Å². The molecular weight excluding hydrogens is 400 g/mol. The first-order chi connectivity index (χ1) is 13.2. The monoisotopic (exact) mass is 418 g/mol. The van der Waals surface area contributed by atoms with Gasteiger partial charge in [0, 0.05) is 22.6 Å². The van der Waals surface area contributed by atoms with E-state index in [0.717, 1.165) is 4.90 Å². The van der Waals surface area contributed by atoms with Crippen molar-refractivity contribution in [3.05, 3.63) is 48.0 Å². The fourth-order valence-electron chi connectivity index (χ4n) is 2.64. The minimum atomic E-state index is -3.70. The summed E-state index contributed by atoms with van der Waals surface area (Å²) in [7, 11) is -3.70. The molecule has 2 amide bonds. The lowest BCUT2D eigenvalue weighted by atomic mass is 10.1. The number of ketones is 1. The SMILES string of the molecule is CC(=O)c1cccc(NC(=O)CCS(=O)(=O)c2ccc3c(c2)NC(=O)CS3)c1. The highest BCUT2D eigenvalue weighted by Crippen LogP contribution is 2.33. The summed E-state index contributed by atoms with van der Waals surface area (Å²) in [6.45, 7) is 1.42. The van der Waals surface area contributed by atoms with Crippen molar-refractivity contribution < 1.29 is 22.8 Å². The molecule has 9 heteroatoms. The number of hydrogen-bond donors (Lipinski definition) is 2. The molecular formula is C19H18N2O5S2. The maximum absolute atomic E-state index is 12.6. The van der Waals surface area contributed by atoms with E-state index in [9.17, 15) is 22.8 Å². The average Bonchev–Trinajstić information content (AvgIpc) is 2.66. The Labute approximate surface area is 166 Å². The molecule has 2 aromatic carbocycles. The molecule has 0 unspecified atom stereocenters. The van der Waals surface area contributed by atoms with Gasteiger partial charge in [0.25, 0.3) is 0 Å². The Morgan fingerprint density at radius 1 is 1.18 bits per heavy atom. The molecule has 28 heavy (non-hydrogen) atoms. The highest BCUT2D eigenvalue weighted by atomic mass is 32.2. The molecule has 1 heterocycles. The summed E-state index contributed by atoms with van der Waals surface area (Å²) in [6, 6.07) is 11.0. The van der Waals surface area contributed by atoms with Gasteiger partial charge < -0.3 is 10.6 Å². The summed E-state index contributed by atoms with van der Waals surface area (Å²) < 4.78 is 25.1. The second-order valence-corrected chi connectivity index (χ2v) is 9.38. The van der Waals surface area contributed by atoms with Gasteiger partial charge in [0.05, 0.1) is 22.1 Å². The zero-order chi connectivity index (χ0) is 20.3. The molecule has 1 aliphatic rings. The van der Waals surface area contributed by atoms with Crippen molar-refractivity contribution in [1.29, 1.82) is 0 Å². The van der Waals surface area contributed by atoms with Gasteiger partial charge in [-0.15, -0.1) is 11.8 Å². The number of carbonyl (C=O) groups excluding carboxylic acids is 3. The molecule has 2 aromatic rings. The van der Waals surface area contributed by atoms with Crippen LogP contribution >= 0.6 is 11.8 Å². The van der Waals surface area contributed by atoms with E-state index in [1.807, 2.05) is 0 Å². The van der Waals surface area contributed by atoms with Crippen LogP contribution in [0.4, 0.5) is 11.4 Å². The molecule has 0 radical (unpaired) electrons. The maximum Gasteiger partial charge on any atom is 0.234 e. The van der Waals surface area contributed by atoms with E-state index in [1.165, 1.54) is 30.8 Å². The van der Waals surface area contributed by atoms with Crippen molar-refractivity contribution in [3.8, 4) is 0 Å². The predicted octanol–water partition coefficient (Wildman–Crippen LogP) is 2.74. The third-order valence-electron chi connectivity index (χ3n) is 4.09. The Hall–Kier alpha value is -2.65. The van der Waals surface area contributed by atoms with Crippen LogP contribution in [0.1, 0.15) is 23.7 Å². The molecule has 0 atom stereocenters. The van der Waals surface area contributed by atoms with E-state index in [2.05, 4.69) is 10.6 Å². The lowest BCUT2D eigenvalue weighted by Crippen LogP contribution is -2.20. The van der Waals surface area contributed by atoms with Crippen LogP contribution in [-0.2, 0) is 19.4 Å². The Bertz CT molecular complexity index is 1060. The molecule has 0 spiro atoms. The molecule has 0 aromatic heterocycles. The standard InChI is InChI=1S/C19H18N2O5S2/c1-12(22)13-3-2-4-14(9-13)20-18(23)7-8-28(25,26)15-5-6-17-16(10-15)21-19(24)11-27-17/h2-6,9-10H,7-8,11H2,1H3,(H,20,23)(H,21,24). The number of benzene rings is 2. The molecule has 0 fully saturated rings. The molecule has 0 aliphatic carbocycles. The number of rotatable bonds is 6. The number of amides is 2. The van der Waals surface area contributed by atoms with Crippen LogP contribution < -0.4 is 10.6 Å². The van der Waals surface area contributed by atoms with Gasteiger partial charge in [-0.2, -0.15) is 0 Å². The van der Waals surface area contributed by atoms with E-state index < -0.39 is 15.7 Å². The number of thioether (sulfide) groups is 1. The van der Waals surface area contributed by atoms with Crippen LogP contribution in [0.5, 0.6) is 0 Å². The topological polar surface area (TPSA) is 109 Å². The number of anilines is 2. The van der Waals surface area contributed by atoms with Gasteiger partial charge in [-0.25, -0.2) is 8.42 Å². The molecule has 2 N–H and O–H groups in total. The largest absolute Gasteiger partial charge is 0.326 e. The first kappa shape index (κ1) is 20.1. The number of Topliss-reactive ketones (excluding diaryl/α,β-unsaturated/α-hetero) is 1. The Morgan fingerprint density at radius 2 is 1.96 bits per heavy atom. The molecule has 1 aliphatic heterocycles. The Morgan fingerprint density at radius 3 is 2.71 bits per heavy atom. The summed E-state index contributed by atoms with van der Waals surface area (Å²) in [5, 5.41) is 5.25. The minimum Gasteiger partial charge on any atom is -0.326 e. The zero-order valence-electron chi connectivity index (χ0n) is 15.0. The summed E-state index contributed by atoms with van der Waals surface area (Å²) in [5.74, 6) is -0.850. The molecule has 0 saturated heterocycles. The van der Waals surface area contributed by atoms with Crippen LogP contribution in [0.3, 0.4) is 0 Å². The number of sulfone groups is 1. The van der Waals surface area contributed by atoms with Crippen molar-refractivity contribution in [3.63, 3.8) is 0 Å². The van der Waals surface area contributed by atoms with Crippen molar-refractivity contribution in [1.82, 2.24) is 0 Å². The predicted molar refractivity (Wildman–Crippen MR) is 108 cm³/mol. The molecule has 7 nitrogen and oxygen atoms in total. The first-order valence-electron chi connectivity index (χ1n) is 8.45. The maximum atomic E-state index is 12.6. The molecule has 3 rings (SSSR count). The van der Waals surface area contributed by atoms with E-state index in [-0.39, 0.29) is 28.8 Å². The van der Waals surface area contributed by atoms with Crippen molar-refractivity contribution in [2.75, 3.05) is 22.1 Å². The van der Waals surface area contributed by atoms with Gasteiger partial charge in [-0.1, -0.05) is 12.1 Å². The van der Waals surface area contributed by atoms with Crippen molar-refractivity contribution in [2.45, 2.75) is 23.1 Å². The molecule has 0 saturated carbocycles. The number of fused-ring (bicyclic) bond motifs is 1. The second kappa shape index (κ2) is 8.15. The van der Waals surface area contributed by atoms with Crippen LogP contribution in [0.15, 0.2) is 52.3 Å². The summed E-state index contributed by atoms with van der Waals surface area (Å²) in [5.41, 5.74) is 1.36. The van der Waals surface area contributed by atoms with Crippen molar-refractivity contribution in [2.24, 2.45) is 0 Å². The minimum absolute atomic E-state index is 0.0560. The van der Waals surface area contributed by atoms with E-state index in [4.69, 9.17) is 0 Å². The highest BCUT2D eigenvalue weighted by molar-refractivity contribution is 8.00. The third kappa shape index (κ3) is 4.79. The van der Waals surface area contributed by atoms with E-state index in [1.54, 1.807) is 30.3 Å². The summed E-state index contributed by atoms with van der Waals surface area (Å²) in [4.78, 5) is 35.9. The normalized spacial score (nSPS) is 13.4. The van der Waals surface area contributed by atoms with Gasteiger partial charge in [-0.05, 0) is 37.3 Å². The van der Waals surface area contributed by atoms with Crippen LogP contribution in [0, 0.1) is 0 Å².